The zero-order valence-electron chi connectivity index (χ0n) is 15.8. The number of aliphatic carboxylic acids is 1. The summed E-state index contributed by atoms with van der Waals surface area (Å²) in [7, 11) is -3.51. The minimum atomic E-state index is -3.51. The van der Waals surface area contributed by atoms with E-state index in [1.165, 1.54) is 24.0 Å². The molecule has 0 saturated heterocycles. The van der Waals surface area contributed by atoms with E-state index in [-0.39, 0.29) is 17.0 Å². The second kappa shape index (κ2) is 7.92. The second-order valence-corrected chi connectivity index (χ2v) is 8.63. The van der Waals surface area contributed by atoms with Gasteiger partial charge in [-0.25, -0.2) is 13.2 Å². The topological polar surface area (TPSA) is 91.8 Å². The van der Waals surface area contributed by atoms with Gasteiger partial charge in [-0.05, 0) is 49.6 Å². The van der Waals surface area contributed by atoms with Gasteiger partial charge in [-0.2, -0.15) is 0 Å². The largest absolute Gasteiger partial charge is 0.480 e. The first-order chi connectivity index (χ1) is 12.5. The first-order valence-electron chi connectivity index (χ1n) is 8.41. The van der Waals surface area contributed by atoms with Gasteiger partial charge in [-0.1, -0.05) is 30.3 Å². The minimum Gasteiger partial charge on any atom is -0.480 e. The van der Waals surface area contributed by atoms with Crippen LogP contribution in [0.5, 0.6) is 0 Å². The fourth-order valence-electron chi connectivity index (χ4n) is 2.72. The van der Waals surface area contributed by atoms with Crippen molar-refractivity contribution in [3.63, 3.8) is 0 Å². The van der Waals surface area contributed by atoms with Crippen molar-refractivity contribution in [1.82, 2.24) is 4.90 Å². The third kappa shape index (κ3) is 4.74. The van der Waals surface area contributed by atoms with Crippen molar-refractivity contribution >= 4 is 21.7 Å². The Morgan fingerprint density at radius 2 is 1.70 bits per heavy atom. The van der Waals surface area contributed by atoms with Gasteiger partial charge in [0.1, 0.15) is 6.04 Å². The molecule has 0 aliphatic heterocycles. The van der Waals surface area contributed by atoms with E-state index in [1.807, 2.05) is 18.2 Å². The molecule has 0 aliphatic carbocycles. The van der Waals surface area contributed by atoms with Gasteiger partial charge in [0.25, 0.3) is 5.91 Å². The molecule has 0 saturated carbocycles. The van der Waals surface area contributed by atoms with Crippen molar-refractivity contribution in [3.8, 4) is 0 Å². The summed E-state index contributed by atoms with van der Waals surface area (Å²) in [6, 6.07) is 10.8. The molecule has 1 atom stereocenters. The summed E-state index contributed by atoms with van der Waals surface area (Å²) in [5, 5.41) is 9.44. The van der Waals surface area contributed by atoms with E-state index in [1.54, 1.807) is 26.0 Å². The molecule has 1 unspecified atom stereocenters. The van der Waals surface area contributed by atoms with Crippen LogP contribution in [0.3, 0.4) is 0 Å². The van der Waals surface area contributed by atoms with Gasteiger partial charge in [-0.15, -0.1) is 0 Å². The lowest BCUT2D eigenvalue weighted by atomic mass is 10.0. The molecule has 6 nitrogen and oxygen atoms in total. The molecule has 0 spiro atoms. The van der Waals surface area contributed by atoms with Crippen LogP contribution in [0.2, 0.25) is 0 Å². The molecule has 0 bridgehead atoms. The third-order valence-electron chi connectivity index (χ3n) is 4.58. The smallest absolute Gasteiger partial charge is 0.326 e. The maximum absolute atomic E-state index is 13.2. The first kappa shape index (κ1) is 20.6. The summed E-state index contributed by atoms with van der Waals surface area (Å²) in [6.07, 6.45) is 1.08. The fourth-order valence-corrected chi connectivity index (χ4v) is 3.44. The molecule has 0 fully saturated rings. The van der Waals surface area contributed by atoms with Gasteiger partial charge in [-0.3, -0.25) is 4.79 Å². The van der Waals surface area contributed by atoms with Crippen molar-refractivity contribution in [3.05, 3.63) is 64.7 Å². The molecular weight excluding hydrogens is 366 g/mol. The van der Waals surface area contributed by atoms with Crippen LogP contribution in [0, 0.1) is 13.8 Å². The Labute approximate surface area is 159 Å². The molecule has 27 heavy (non-hydrogen) atoms. The number of amides is 1. The standard InChI is InChI=1S/C20H23NO5S/c1-13-10-17(27(4,25)26)11-18(14(13)2)19(22)21(15(3)20(23)24)12-16-8-6-5-7-9-16/h5-11,15H,12H2,1-4H3,(H,23,24). The third-order valence-corrected chi connectivity index (χ3v) is 5.67. The van der Waals surface area contributed by atoms with Crippen LogP contribution < -0.4 is 0 Å². The van der Waals surface area contributed by atoms with Crippen LogP contribution in [0.1, 0.15) is 34.0 Å². The van der Waals surface area contributed by atoms with E-state index < -0.39 is 27.8 Å². The molecule has 0 radical (unpaired) electrons. The summed E-state index contributed by atoms with van der Waals surface area (Å²) in [6.45, 7) is 4.99. The van der Waals surface area contributed by atoms with E-state index >= 15 is 0 Å². The number of benzene rings is 2. The molecule has 2 aromatic carbocycles. The molecule has 1 amide bonds. The zero-order chi connectivity index (χ0) is 20.4. The predicted octanol–water partition coefficient (Wildman–Crippen LogP) is 2.82. The normalized spacial score (nSPS) is 12.4. The molecule has 2 rings (SSSR count). The average molecular weight is 389 g/mol. The van der Waals surface area contributed by atoms with Crippen molar-refractivity contribution in [1.29, 1.82) is 0 Å². The van der Waals surface area contributed by atoms with Crippen LogP contribution in [0.4, 0.5) is 0 Å². The quantitative estimate of drug-likeness (QED) is 0.820. The van der Waals surface area contributed by atoms with Crippen molar-refractivity contribution in [2.24, 2.45) is 0 Å². The van der Waals surface area contributed by atoms with E-state index in [0.717, 1.165) is 11.8 Å². The number of carbonyl (C=O) groups is 2. The van der Waals surface area contributed by atoms with Gasteiger partial charge in [0.15, 0.2) is 9.84 Å². The number of hydrogen-bond donors (Lipinski definition) is 1. The highest BCUT2D eigenvalue weighted by Crippen LogP contribution is 2.23. The van der Waals surface area contributed by atoms with Gasteiger partial charge >= 0.3 is 5.97 Å². The Morgan fingerprint density at radius 1 is 1.11 bits per heavy atom. The van der Waals surface area contributed by atoms with Crippen LogP contribution in [0.25, 0.3) is 0 Å². The molecule has 1 N–H and O–H groups in total. The van der Waals surface area contributed by atoms with E-state index in [4.69, 9.17) is 0 Å². The summed E-state index contributed by atoms with van der Waals surface area (Å²) in [5.74, 6) is -1.65. The molecule has 2 aromatic rings. The summed E-state index contributed by atoms with van der Waals surface area (Å²) < 4.78 is 23.9. The highest BCUT2D eigenvalue weighted by atomic mass is 32.2. The molecule has 144 valence electrons. The van der Waals surface area contributed by atoms with E-state index in [0.29, 0.717) is 11.1 Å². The average Bonchev–Trinajstić information content (AvgIpc) is 2.60. The van der Waals surface area contributed by atoms with Gasteiger partial charge in [0.2, 0.25) is 0 Å². The fraction of sp³-hybridized carbons (Fsp3) is 0.300. The molecule has 0 heterocycles. The van der Waals surface area contributed by atoms with Crippen molar-refractivity contribution < 1.29 is 23.1 Å². The number of carboxylic acids is 1. The predicted molar refractivity (Wildman–Crippen MR) is 102 cm³/mol. The Bertz CT molecular complexity index is 967. The van der Waals surface area contributed by atoms with Crippen LogP contribution in [0.15, 0.2) is 47.4 Å². The summed E-state index contributed by atoms with van der Waals surface area (Å²) in [5.41, 5.74) is 2.26. The highest BCUT2D eigenvalue weighted by molar-refractivity contribution is 7.90. The van der Waals surface area contributed by atoms with Crippen LogP contribution >= 0.6 is 0 Å². The number of aryl methyl sites for hydroxylation is 1. The Hall–Kier alpha value is -2.67. The van der Waals surface area contributed by atoms with Gasteiger partial charge in [0.05, 0.1) is 4.90 Å². The second-order valence-electron chi connectivity index (χ2n) is 6.62. The molecular formula is C20H23NO5S. The number of hydrogen-bond acceptors (Lipinski definition) is 4. The van der Waals surface area contributed by atoms with E-state index in [2.05, 4.69) is 0 Å². The Kier molecular flexibility index (Phi) is 6.05. The number of rotatable bonds is 6. The van der Waals surface area contributed by atoms with Crippen molar-refractivity contribution in [2.45, 2.75) is 38.3 Å². The molecule has 7 heteroatoms. The lowest BCUT2D eigenvalue weighted by molar-refractivity contribution is -0.141. The van der Waals surface area contributed by atoms with Crippen molar-refractivity contribution in [2.75, 3.05) is 6.26 Å². The molecule has 0 aromatic heterocycles. The number of nitrogens with zero attached hydrogens (tertiary/aromatic N) is 1. The van der Waals surface area contributed by atoms with E-state index in [9.17, 15) is 23.1 Å². The van der Waals surface area contributed by atoms with Crippen LogP contribution in [-0.2, 0) is 21.2 Å². The maximum Gasteiger partial charge on any atom is 0.326 e. The Morgan fingerprint density at radius 3 is 2.22 bits per heavy atom. The number of carboxylic acid groups (broad SMARTS) is 1. The maximum atomic E-state index is 13.2. The number of carbonyl (C=O) groups excluding carboxylic acids is 1. The summed E-state index contributed by atoms with van der Waals surface area (Å²) >= 11 is 0. The van der Waals surface area contributed by atoms with Gasteiger partial charge < -0.3 is 10.0 Å². The lowest BCUT2D eigenvalue weighted by Crippen LogP contribution is -2.43. The zero-order valence-corrected chi connectivity index (χ0v) is 16.6. The Balaban J connectivity index is 2.55. The monoisotopic (exact) mass is 389 g/mol. The molecule has 0 aliphatic rings. The highest BCUT2D eigenvalue weighted by Gasteiger charge is 2.28. The number of sulfone groups is 1. The lowest BCUT2D eigenvalue weighted by Gasteiger charge is -2.28. The first-order valence-corrected chi connectivity index (χ1v) is 10.3. The summed E-state index contributed by atoms with van der Waals surface area (Å²) in [4.78, 5) is 26.1. The minimum absolute atomic E-state index is 0.0385. The van der Waals surface area contributed by atoms with Gasteiger partial charge in [0, 0.05) is 18.4 Å². The van der Waals surface area contributed by atoms with Crippen LogP contribution in [-0.4, -0.2) is 42.6 Å². The SMILES string of the molecule is Cc1cc(S(C)(=O)=O)cc(C(=O)N(Cc2ccccc2)C(C)C(=O)O)c1C.